The summed E-state index contributed by atoms with van der Waals surface area (Å²) in [6, 6.07) is 3.64. The van der Waals surface area contributed by atoms with Gasteiger partial charge in [0.1, 0.15) is 11.9 Å². The lowest BCUT2D eigenvalue weighted by atomic mass is 9.93. The minimum Gasteiger partial charge on any atom is -0.378 e. The average Bonchev–Trinajstić information content (AvgIpc) is 3.02. The Bertz CT molecular complexity index is 723. The Hall–Kier alpha value is -1.99. The van der Waals surface area contributed by atoms with E-state index in [1.807, 2.05) is 24.1 Å². The number of morpholine rings is 1. The summed E-state index contributed by atoms with van der Waals surface area (Å²) in [4.78, 5) is 14.9. The third-order valence-electron chi connectivity index (χ3n) is 4.54. The van der Waals surface area contributed by atoms with Crippen LogP contribution >= 0.6 is 0 Å². The van der Waals surface area contributed by atoms with E-state index in [1.165, 1.54) is 0 Å². The van der Waals surface area contributed by atoms with Gasteiger partial charge in [-0.15, -0.1) is 10.2 Å². The fourth-order valence-corrected chi connectivity index (χ4v) is 3.61. The van der Waals surface area contributed by atoms with E-state index < -0.39 is 0 Å². The Morgan fingerprint density at radius 2 is 2.39 bits per heavy atom. The first-order chi connectivity index (χ1) is 11.2. The highest BCUT2D eigenvalue weighted by molar-refractivity contribution is 5.99. The van der Waals surface area contributed by atoms with E-state index in [2.05, 4.69) is 10.2 Å². The molecule has 2 saturated heterocycles. The standard InChI is InChI=1S/C16H20N4O3/c1-12-8-20(9-16(23-12)5-3-7-22-10-16)15(21)13-4-2-6-19-11-17-18-14(13)19/h2,4,6,11-12H,3,5,7-10H2,1H3. The largest absolute Gasteiger partial charge is 0.378 e. The minimum atomic E-state index is -0.371. The molecule has 1 amide bonds. The molecule has 122 valence electrons. The third-order valence-corrected chi connectivity index (χ3v) is 4.54. The van der Waals surface area contributed by atoms with Crippen molar-refractivity contribution < 1.29 is 14.3 Å². The number of fused-ring (bicyclic) bond motifs is 1. The second-order valence-corrected chi connectivity index (χ2v) is 6.44. The van der Waals surface area contributed by atoms with E-state index in [4.69, 9.17) is 9.47 Å². The van der Waals surface area contributed by atoms with E-state index in [-0.39, 0.29) is 17.6 Å². The SMILES string of the molecule is CC1CN(C(=O)c2cccn3cnnc23)CC2(CCCOC2)O1. The fraction of sp³-hybridized carbons (Fsp3) is 0.562. The van der Waals surface area contributed by atoms with Crippen molar-refractivity contribution in [3.05, 3.63) is 30.2 Å². The quantitative estimate of drug-likeness (QED) is 0.789. The van der Waals surface area contributed by atoms with Crippen molar-refractivity contribution in [2.45, 2.75) is 31.5 Å². The van der Waals surface area contributed by atoms with Gasteiger partial charge in [0.15, 0.2) is 5.65 Å². The number of hydrogen-bond donors (Lipinski definition) is 0. The number of amides is 1. The molecule has 4 rings (SSSR count). The highest BCUT2D eigenvalue weighted by Gasteiger charge is 2.43. The second kappa shape index (κ2) is 5.58. The number of carbonyl (C=O) groups is 1. The Balaban J connectivity index is 1.63. The first-order valence-corrected chi connectivity index (χ1v) is 8.00. The summed E-state index contributed by atoms with van der Waals surface area (Å²) in [6.07, 6.45) is 5.33. The molecule has 0 radical (unpaired) electrons. The van der Waals surface area contributed by atoms with Crippen molar-refractivity contribution >= 4 is 11.6 Å². The van der Waals surface area contributed by atoms with Crippen molar-refractivity contribution in [3.8, 4) is 0 Å². The zero-order chi connectivity index (χ0) is 15.9. The van der Waals surface area contributed by atoms with Gasteiger partial charge in [0.05, 0.1) is 24.8 Å². The second-order valence-electron chi connectivity index (χ2n) is 6.44. The average molecular weight is 316 g/mol. The number of aromatic nitrogens is 3. The lowest BCUT2D eigenvalue weighted by Crippen LogP contribution is -2.59. The van der Waals surface area contributed by atoms with Crippen LogP contribution in [0.25, 0.3) is 5.65 Å². The number of pyridine rings is 1. The highest BCUT2D eigenvalue weighted by Crippen LogP contribution is 2.31. The van der Waals surface area contributed by atoms with Gasteiger partial charge in [-0.25, -0.2) is 0 Å². The summed E-state index contributed by atoms with van der Waals surface area (Å²) in [5, 5.41) is 7.95. The first kappa shape index (κ1) is 14.6. The monoisotopic (exact) mass is 316 g/mol. The molecule has 0 bridgehead atoms. The molecule has 2 atom stereocenters. The van der Waals surface area contributed by atoms with E-state index in [9.17, 15) is 4.79 Å². The molecule has 2 fully saturated rings. The smallest absolute Gasteiger partial charge is 0.257 e. The number of rotatable bonds is 1. The number of hydrogen-bond acceptors (Lipinski definition) is 5. The molecule has 2 aliphatic rings. The van der Waals surface area contributed by atoms with E-state index in [0.29, 0.717) is 30.9 Å². The summed E-state index contributed by atoms with van der Waals surface area (Å²) < 4.78 is 13.5. The summed E-state index contributed by atoms with van der Waals surface area (Å²) >= 11 is 0. The fourth-order valence-electron chi connectivity index (χ4n) is 3.61. The van der Waals surface area contributed by atoms with Gasteiger partial charge in [0.25, 0.3) is 5.91 Å². The van der Waals surface area contributed by atoms with Crippen LogP contribution in [0.15, 0.2) is 24.7 Å². The molecule has 0 N–H and O–H groups in total. The van der Waals surface area contributed by atoms with Crippen LogP contribution in [0.5, 0.6) is 0 Å². The van der Waals surface area contributed by atoms with Crippen molar-refractivity contribution in [2.24, 2.45) is 0 Å². The maximum Gasteiger partial charge on any atom is 0.257 e. The van der Waals surface area contributed by atoms with Gasteiger partial charge in [0.2, 0.25) is 0 Å². The normalized spacial score (nSPS) is 28.4. The maximum atomic E-state index is 13.0. The van der Waals surface area contributed by atoms with Gasteiger partial charge in [-0.05, 0) is 31.9 Å². The third kappa shape index (κ3) is 2.60. The van der Waals surface area contributed by atoms with Crippen LogP contribution in [0, 0.1) is 0 Å². The summed E-state index contributed by atoms with van der Waals surface area (Å²) in [6.45, 7) is 4.47. The van der Waals surface area contributed by atoms with E-state index in [0.717, 1.165) is 19.4 Å². The first-order valence-electron chi connectivity index (χ1n) is 8.00. The van der Waals surface area contributed by atoms with Crippen LogP contribution < -0.4 is 0 Å². The molecule has 0 saturated carbocycles. The molecule has 0 aliphatic carbocycles. The molecule has 1 spiro atoms. The Labute approximate surface area is 134 Å². The molecule has 2 aromatic rings. The van der Waals surface area contributed by atoms with Gasteiger partial charge in [0, 0.05) is 19.3 Å². The molecule has 0 aromatic carbocycles. The molecule has 7 heteroatoms. The molecule has 2 aliphatic heterocycles. The highest BCUT2D eigenvalue weighted by atomic mass is 16.6. The zero-order valence-corrected chi connectivity index (χ0v) is 13.1. The van der Waals surface area contributed by atoms with E-state index >= 15 is 0 Å². The summed E-state index contributed by atoms with van der Waals surface area (Å²) in [7, 11) is 0. The number of nitrogens with zero attached hydrogens (tertiary/aromatic N) is 4. The topological polar surface area (TPSA) is 69.0 Å². The number of ether oxygens (including phenoxy) is 2. The molecular weight excluding hydrogens is 296 g/mol. The van der Waals surface area contributed by atoms with Gasteiger partial charge < -0.3 is 14.4 Å². The molecule has 2 unspecified atom stereocenters. The van der Waals surface area contributed by atoms with Crippen LogP contribution in [0.4, 0.5) is 0 Å². The molecule has 23 heavy (non-hydrogen) atoms. The summed E-state index contributed by atoms with van der Waals surface area (Å²) in [5.74, 6) is -0.0244. The van der Waals surface area contributed by atoms with Gasteiger partial charge in [-0.1, -0.05) is 0 Å². The van der Waals surface area contributed by atoms with Gasteiger partial charge >= 0.3 is 0 Å². The van der Waals surface area contributed by atoms with Crippen molar-refractivity contribution in [1.82, 2.24) is 19.5 Å². The van der Waals surface area contributed by atoms with Crippen LogP contribution in [-0.4, -0.2) is 63.4 Å². The molecule has 7 nitrogen and oxygen atoms in total. The Kier molecular flexibility index (Phi) is 3.54. The summed E-state index contributed by atoms with van der Waals surface area (Å²) in [5.41, 5.74) is 0.793. The predicted octanol–water partition coefficient (Wildman–Crippen LogP) is 1.14. The van der Waals surface area contributed by atoms with Crippen molar-refractivity contribution in [3.63, 3.8) is 0 Å². The Morgan fingerprint density at radius 3 is 3.22 bits per heavy atom. The predicted molar refractivity (Wildman–Crippen MR) is 82.2 cm³/mol. The van der Waals surface area contributed by atoms with Crippen LogP contribution in [-0.2, 0) is 9.47 Å². The van der Waals surface area contributed by atoms with Gasteiger partial charge in [-0.2, -0.15) is 0 Å². The lowest BCUT2D eigenvalue weighted by molar-refractivity contribution is -0.188. The van der Waals surface area contributed by atoms with Crippen LogP contribution in [0.3, 0.4) is 0 Å². The van der Waals surface area contributed by atoms with Crippen molar-refractivity contribution in [1.29, 1.82) is 0 Å². The number of carbonyl (C=O) groups excluding carboxylic acids is 1. The molecule has 4 heterocycles. The van der Waals surface area contributed by atoms with Gasteiger partial charge in [-0.3, -0.25) is 9.20 Å². The molecule has 2 aromatic heterocycles. The van der Waals surface area contributed by atoms with Crippen molar-refractivity contribution in [2.75, 3.05) is 26.3 Å². The zero-order valence-electron chi connectivity index (χ0n) is 13.1. The maximum absolute atomic E-state index is 13.0. The minimum absolute atomic E-state index is 0.00741. The van der Waals surface area contributed by atoms with Crippen LogP contribution in [0.2, 0.25) is 0 Å². The van der Waals surface area contributed by atoms with E-state index in [1.54, 1.807) is 16.8 Å². The lowest BCUT2D eigenvalue weighted by Gasteiger charge is -2.47. The molecular formula is C16H20N4O3. The van der Waals surface area contributed by atoms with Crippen LogP contribution in [0.1, 0.15) is 30.1 Å². The Morgan fingerprint density at radius 1 is 1.48 bits per heavy atom.